The normalized spacial score (nSPS) is 16.9. The molecule has 112 valence electrons. The van der Waals surface area contributed by atoms with Gasteiger partial charge in [0.2, 0.25) is 0 Å². The summed E-state index contributed by atoms with van der Waals surface area (Å²) in [7, 11) is 0. The van der Waals surface area contributed by atoms with Gasteiger partial charge in [0, 0.05) is 0 Å². The zero-order chi connectivity index (χ0) is 15.3. The van der Waals surface area contributed by atoms with E-state index in [0.29, 0.717) is 17.5 Å². The van der Waals surface area contributed by atoms with Crippen LogP contribution in [0.3, 0.4) is 0 Å². The number of aromatic nitrogens is 6. The Kier molecular flexibility index (Phi) is 2.71. The van der Waals surface area contributed by atoms with Crippen molar-refractivity contribution in [3.8, 4) is 0 Å². The van der Waals surface area contributed by atoms with E-state index in [1.807, 2.05) is 0 Å². The van der Waals surface area contributed by atoms with Crippen molar-refractivity contribution < 1.29 is 18.1 Å². The van der Waals surface area contributed by atoms with Gasteiger partial charge in [0.25, 0.3) is 0 Å². The number of rotatable bonds is 4. The van der Waals surface area contributed by atoms with Crippen molar-refractivity contribution in [3.05, 3.63) is 28.3 Å². The fourth-order valence-corrected chi connectivity index (χ4v) is 2.13. The number of nitro groups is 1. The fraction of sp³-hybridized carbons (Fsp3) is 0.556. The van der Waals surface area contributed by atoms with E-state index in [9.17, 15) is 23.3 Å². The molecule has 0 aliphatic heterocycles. The van der Waals surface area contributed by atoms with Crippen LogP contribution in [0.2, 0.25) is 0 Å². The summed E-state index contributed by atoms with van der Waals surface area (Å²) < 4.78 is 39.4. The minimum absolute atomic E-state index is 0.00202. The number of tetrazole rings is 1. The second-order valence-electron chi connectivity index (χ2n) is 4.71. The highest BCUT2D eigenvalue weighted by Crippen LogP contribution is 2.48. The maximum Gasteiger partial charge on any atom is 0.408 e. The van der Waals surface area contributed by atoms with Crippen LogP contribution < -0.4 is 0 Å². The SMILES string of the molecule is O=[N+]([O-])c1cnn(C2(c3nnnn3CC(F)(F)F)CC2)c1. The molecule has 1 aliphatic carbocycles. The molecule has 0 amide bonds. The van der Waals surface area contributed by atoms with Gasteiger partial charge in [0.15, 0.2) is 5.82 Å². The van der Waals surface area contributed by atoms with Crippen LogP contribution in [0.15, 0.2) is 12.4 Å². The molecule has 1 aliphatic rings. The van der Waals surface area contributed by atoms with Crippen molar-refractivity contribution in [2.45, 2.75) is 31.1 Å². The van der Waals surface area contributed by atoms with E-state index in [4.69, 9.17) is 0 Å². The quantitative estimate of drug-likeness (QED) is 0.613. The molecule has 0 unspecified atom stereocenters. The van der Waals surface area contributed by atoms with Gasteiger partial charge in [-0.1, -0.05) is 0 Å². The summed E-state index contributed by atoms with van der Waals surface area (Å²) in [5.41, 5.74) is -1.18. The molecule has 1 fully saturated rings. The second-order valence-corrected chi connectivity index (χ2v) is 4.71. The average Bonchev–Trinajstić information content (AvgIpc) is 2.85. The number of hydrogen-bond donors (Lipinski definition) is 0. The van der Waals surface area contributed by atoms with Gasteiger partial charge in [0.1, 0.15) is 24.5 Å². The van der Waals surface area contributed by atoms with Crippen molar-refractivity contribution >= 4 is 5.69 Å². The zero-order valence-electron chi connectivity index (χ0n) is 10.4. The molecule has 0 spiro atoms. The van der Waals surface area contributed by atoms with E-state index in [1.54, 1.807) is 0 Å². The largest absolute Gasteiger partial charge is 0.408 e. The summed E-state index contributed by atoms with van der Waals surface area (Å²) >= 11 is 0. The molecule has 1 saturated carbocycles. The summed E-state index contributed by atoms with van der Waals surface area (Å²) in [6.07, 6.45) is -1.33. The van der Waals surface area contributed by atoms with Gasteiger partial charge in [-0.05, 0) is 23.3 Å². The van der Waals surface area contributed by atoms with E-state index >= 15 is 0 Å². The first-order valence-electron chi connectivity index (χ1n) is 5.85. The maximum absolute atomic E-state index is 12.5. The first-order chi connectivity index (χ1) is 9.82. The third-order valence-electron chi connectivity index (χ3n) is 3.22. The Morgan fingerprint density at radius 2 is 2.14 bits per heavy atom. The second kappa shape index (κ2) is 4.23. The van der Waals surface area contributed by atoms with E-state index in [0.717, 1.165) is 6.20 Å². The lowest BCUT2D eigenvalue weighted by atomic mass is 10.2. The van der Waals surface area contributed by atoms with Crippen molar-refractivity contribution in [1.82, 2.24) is 30.0 Å². The Morgan fingerprint density at radius 1 is 1.43 bits per heavy atom. The highest BCUT2D eigenvalue weighted by atomic mass is 19.4. The smallest absolute Gasteiger partial charge is 0.258 e. The van der Waals surface area contributed by atoms with Crippen LogP contribution in [0.4, 0.5) is 18.9 Å². The van der Waals surface area contributed by atoms with Crippen molar-refractivity contribution in [2.75, 3.05) is 0 Å². The third-order valence-corrected chi connectivity index (χ3v) is 3.22. The Bertz CT molecular complexity index is 688. The molecule has 12 heteroatoms. The third kappa shape index (κ3) is 2.32. The van der Waals surface area contributed by atoms with Gasteiger partial charge in [-0.25, -0.2) is 4.68 Å². The molecular weight excluding hydrogens is 295 g/mol. The van der Waals surface area contributed by atoms with Crippen molar-refractivity contribution in [3.63, 3.8) is 0 Å². The van der Waals surface area contributed by atoms with Crippen molar-refractivity contribution in [2.24, 2.45) is 0 Å². The molecule has 0 saturated heterocycles. The van der Waals surface area contributed by atoms with Gasteiger partial charge >= 0.3 is 11.9 Å². The van der Waals surface area contributed by atoms with Gasteiger partial charge in [0.05, 0.1) is 4.92 Å². The molecule has 0 bridgehead atoms. The van der Waals surface area contributed by atoms with E-state index in [-0.39, 0.29) is 11.5 Å². The monoisotopic (exact) mass is 303 g/mol. The van der Waals surface area contributed by atoms with Crippen LogP contribution in [0.5, 0.6) is 0 Å². The first-order valence-corrected chi connectivity index (χ1v) is 5.85. The topological polar surface area (TPSA) is 105 Å². The standard InChI is InChI=1S/C9H8F3N7O2/c10-9(11,12)5-17-7(14-15-16-17)8(1-2-8)18-4-6(3-13-18)19(20)21/h3-4H,1-2,5H2. The van der Waals surface area contributed by atoms with Gasteiger partial charge in [-0.2, -0.15) is 18.3 Å². The molecule has 0 atom stereocenters. The fourth-order valence-electron chi connectivity index (χ4n) is 2.13. The molecule has 9 nitrogen and oxygen atoms in total. The van der Waals surface area contributed by atoms with Gasteiger partial charge < -0.3 is 0 Å². The van der Waals surface area contributed by atoms with Crippen LogP contribution in [0.1, 0.15) is 18.7 Å². The molecule has 0 radical (unpaired) electrons. The van der Waals surface area contributed by atoms with E-state index in [1.165, 1.54) is 10.9 Å². The lowest BCUT2D eigenvalue weighted by Gasteiger charge is -2.15. The molecular formula is C9H8F3N7O2. The van der Waals surface area contributed by atoms with Crippen LogP contribution in [0, 0.1) is 10.1 Å². The summed E-state index contributed by atoms with van der Waals surface area (Å²) in [5.74, 6) is -0.00202. The highest BCUT2D eigenvalue weighted by molar-refractivity contribution is 5.26. The average molecular weight is 303 g/mol. The first kappa shape index (κ1) is 13.5. The number of nitrogens with zero attached hydrogens (tertiary/aromatic N) is 7. The lowest BCUT2D eigenvalue weighted by molar-refractivity contribution is -0.385. The number of hydrogen-bond acceptors (Lipinski definition) is 6. The van der Waals surface area contributed by atoms with Gasteiger partial charge in [-0.3, -0.25) is 14.8 Å². The molecule has 0 N–H and O–H groups in total. The summed E-state index contributed by atoms with van der Waals surface area (Å²) in [5, 5.41) is 24.8. The zero-order valence-corrected chi connectivity index (χ0v) is 10.4. The molecule has 21 heavy (non-hydrogen) atoms. The Morgan fingerprint density at radius 3 is 2.67 bits per heavy atom. The highest BCUT2D eigenvalue weighted by Gasteiger charge is 2.53. The van der Waals surface area contributed by atoms with Crippen molar-refractivity contribution in [1.29, 1.82) is 0 Å². The Hall–Kier alpha value is -2.53. The van der Waals surface area contributed by atoms with Crippen LogP contribution in [-0.2, 0) is 12.1 Å². The Labute approximate surface area is 114 Å². The molecule has 2 aromatic rings. The molecule has 2 heterocycles. The number of halogens is 3. The molecule has 3 rings (SSSR count). The van der Waals surface area contributed by atoms with Crippen LogP contribution in [0.25, 0.3) is 0 Å². The predicted octanol–water partition coefficient (Wildman–Crippen LogP) is 0.877. The maximum atomic E-state index is 12.5. The van der Waals surface area contributed by atoms with E-state index < -0.39 is 23.2 Å². The molecule has 0 aromatic carbocycles. The van der Waals surface area contributed by atoms with Crippen LogP contribution >= 0.6 is 0 Å². The summed E-state index contributed by atoms with van der Waals surface area (Å²) in [4.78, 5) is 10.0. The van der Waals surface area contributed by atoms with Gasteiger partial charge in [-0.15, -0.1) is 5.10 Å². The van der Waals surface area contributed by atoms with Crippen LogP contribution in [-0.4, -0.2) is 41.1 Å². The lowest BCUT2D eigenvalue weighted by Crippen LogP contribution is -2.28. The number of alkyl halides is 3. The Balaban J connectivity index is 1.96. The minimum atomic E-state index is -4.46. The minimum Gasteiger partial charge on any atom is -0.258 e. The molecule has 2 aromatic heterocycles. The summed E-state index contributed by atoms with van der Waals surface area (Å²) in [6, 6.07) is 0. The summed E-state index contributed by atoms with van der Waals surface area (Å²) in [6.45, 7) is -1.32. The van der Waals surface area contributed by atoms with E-state index in [2.05, 4.69) is 20.6 Å². The predicted molar refractivity (Wildman–Crippen MR) is 59.1 cm³/mol.